The second-order valence-corrected chi connectivity index (χ2v) is 5.46. The molecule has 1 atom stereocenters. The van der Waals surface area contributed by atoms with Crippen molar-refractivity contribution in [3.05, 3.63) is 78.1 Å². The second-order valence-electron chi connectivity index (χ2n) is 5.46. The van der Waals surface area contributed by atoms with Gasteiger partial charge in [-0.3, -0.25) is 4.79 Å². The average molecular weight is 341 g/mol. The number of carbonyl (C=O) groups excluding carboxylic acids is 1. The normalized spacial score (nSPS) is 13.2. The number of para-hydroxylation sites is 1. The number of nitrogens with one attached hydrogen (secondary N) is 1. The van der Waals surface area contributed by atoms with Gasteiger partial charge in [-0.05, 0) is 37.3 Å². The first-order valence-electron chi connectivity index (χ1n) is 7.94. The van der Waals surface area contributed by atoms with Crippen molar-refractivity contribution in [1.82, 2.24) is 5.32 Å². The van der Waals surface area contributed by atoms with E-state index in [1.807, 2.05) is 6.92 Å². The molecule has 2 aromatic heterocycles. The summed E-state index contributed by atoms with van der Waals surface area (Å²) in [4.78, 5) is 12.6. The zero-order chi connectivity index (χ0) is 17.7. The number of ether oxygens (including phenoxy) is 1. The molecule has 0 fully saturated rings. The van der Waals surface area contributed by atoms with E-state index in [4.69, 9.17) is 13.6 Å². The van der Waals surface area contributed by atoms with Crippen molar-refractivity contribution in [2.75, 3.05) is 13.2 Å². The lowest BCUT2D eigenvalue weighted by molar-refractivity contribution is 0.0519. The van der Waals surface area contributed by atoms with Gasteiger partial charge < -0.3 is 24.0 Å². The SMILES string of the molecule is CCOc1ccccc1C(=O)NC[C@@](O)(c1ccoc1)c1ccco1. The summed E-state index contributed by atoms with van der Waals surface area (Å²) < 4.78 is 15.9. The monoisotopic (exact) mass is 341 g/mol. The van der Waals surface area contributed by atoms with Gasteiger partial charge in [0, 0.05) is 5.56 Å². The van der Waals surface area contributed by atoms with E-state index in [-0.39, 0.29) is 12.5 Å². The summed E-state index contributed by atoms with van der Waals surface area (Å²) in [7, 11) is 0. The van der Waals surface area contributed by atoms with Gasteiger partial charge in [0.05, 0.1) is 37.5 Å². The van der Waals surface area contributed by atoms with Gasteiger partial charge in [0.1, 0.15) is 11.5 Å². The van der Waals surface area contributed by atoms with Crippen LogP contribution in [0.15, 0.2) is 70.1 Å². The molecule has 0 saturated heterocycles. The molecule has 25 heavy (non-hydrogen) atoms. The average Bonchev–Trinajstić information content (AvgIpc) is 3.34. The molecule has 2 heterocycles. The molecule has 1 aromatic carbocycles. The third-order valence-corrected chi connectivity index (χ3v) is 3.86. The van der Waals surface area contributed by atoms with Crippen LogP contribution in [-0.4, -0.2) is 24.2 Å². The zero-order valence-electron chi connectivity index (χ0n) is 13.8. The Morgan fingerprint density at radius 3 is 2.72 bits per heavy atom. The number of rotatable bonds is 7. The standard InChI is InChI=1S/C19H19NO5/c1-2-24-16-7-4-3-6-15(16)18(21)20-13-19(22,14-9-11-23-12-14)17-8-5-10-25-17/h3-12,22H,2,13H2,1H3,(H,20,21)/t19-/m1/s1. The maximum Gasteiger partial charge on any atom is 0.255 e. The van der Waals surface area contributed by atoms with E-state index in [1.54, 1.807) is 42.5 Å². The molecule has 0 aliphatic carbocycles. The minimum Gasteiger partial charge on any atom is -0.493 e. The fourth-order valence-corrected chi connectivity index (χ4v) is 2.58. The van der Waals surface area contributed by atoms with Crippen LogP contribution in [0.4, 0.5) is 0 Å². The van der Waals surface area contributed by atoms with Crippen molar-refractivity contribution in [3.8, 4) is 5.75 Å². The van der Waals surface area contributed by atoms with Gasteiger partial charge in [0.2, 0.25) is 0 Å². The smallest absolute Gasteiger partial charge is 0.255 e. The van der Waals surface area contributed by atoms with Crippen LogP contribution >= 0.6 is 0 Å². The summed E-state index contributed by atoms with van der Waals surface area (Å²) in [5, 5.41) is 13.8. The van der Waals surface area contributed by atoms with Gasteiger partial charge in [-0.15, -0.1) is 0 Å². The van der Waals surface area contributed by atoms with E-state index in [0.717, 1.165) is 0 Å². The molecule has 0 aliphatic heterocycles. The van der Waals surface area contributed by atoms with Gasteiger partial charge in [-0.2, -0.15) is 0 Å². The van der Waals surface area contributed by atoms with Crippen LogP contribution in [0.5, 0.6) is 5.75 Å². The summed E-state index contributed by atoms with van der Waals surface area (Å²) in [6.07, 6.45) is 4.34. The van der Waals surface area contributed by atoms with Gasteiger partial charge in [0.25, 0.3) is 5.91 Å². The van der Waals surface area contributed by atoms with E-state index in [2.05, 4.69) is 5.32 Å². The molecular weight excluding hydrogens is 322 g/mol. The predicted octanol–water partition coefficient (Wildman–Crippen LogP) is 2.94. The van der Waals surface area contributed by atoms with E-state index in [0.29, 0.717) is 29.2 Å². The highest BCUT2D eigenvalue weighted by atomic mass is 16.5. The number of hydrogen-bond acceptors (Lipinski definition) is 5. The van der Waals surface area contributed by atoms with Crippen molar-refractivity contribution >= 4 is 5.91 Å². The molecule has 3 rings (SSSR count). The molecule has 0 unspecified atom stereocenters. The molecule has 0 bridgehead atoms. The van der Waals surface area contributed by atoms with Gasteiger partial charge in [-0.25, -0.2) is 0 Å². The molecule has 1 amide bonds. The van der Waals surface area contributed by atoms with E-state index >= 15 is 0 Å². The van der Waals surface area contributed by atoms with Crippen molar-refractivity contribution in [2.24, 2.45) is 0 Å². The Balaban J connectivity index is 1.82. The third-order valence-electron chi connectivity index (χ3n) is 3.86. The maximum atomic E-state index is 12.6. The van der Waals surface area contributed by atoms with Crippen LogP contribution in [0.2, 0.25) is 0 Å². The summed E-state index contributed by atoms with van der Waals surface area (Å²) in [5.74, 6) is 0.456. The summed E-state index contributed by atoms with van der Waals surface area (Å²) in [6, 6.07) is 11.9. The Morgan fingerprint density at radius 1 is 1.20 bits per heavy atom. The van der Waals surface area contributed by atoms with E-state index in [9.17, 15) is 9.90 Å². The molecule has 6 nitrogen and oxygen atoms in total. The minimum atomic E-state index is -1.54. The Kier molecular flexibility index (Phi) is 4.90. The lowest BCUT2D eigenvalue weighted by atomic mass is 9.93. The minimum absolute atomic E-state index is 0.0840. The largest absolute Gasteiger partial charge is 0.493 e. The van der Waals surface area contributed by atoms with Crippen LogP contribution in [0, 0.1) is 0 Å². The molecule has 0 spiro atoms. The van der Waals surface area contributed by atoms with Gasteiger partial charge in [-0.1, -0.05) is 12.1 Å². The predicted molar refractivity (Wildman–Crippen MR) is 90.4 cm³/mol. The highest BCUT2D eigenvalue weighted by molar-refractivity contribution is 5.97. The molecule has 0 radical (unpaired) electrons. The number of carbonyl (C=O) groups is 1. The molecule has 6 heteroatoms. The molecule has 130 valence electrons. The Bertz CT molecular complexity index is 774. The Morgan fingerprint density at radius 2 is 2.04 bits per heavy atom. The van der Waals surface area contributed by atoms with E-state index < -0.39 is 5.60 Å². The summed E-state index contributed by atoms with van der Waals surface area (Å²) >= 11 is 0. The number of hydrogen-bond donors (Lipinski definition) is 2. The van der Waals surface area contributed by atoms with Crippen molar-refractivity contribution in [3.63, 3.8) is 0 Å². The van der Waals surface area contributed by atoms with Crippen molar-refractivity contribution < 1.29 is 23.5 Å². The van der Waals surface area contributed by atoms with E-state index in [1.165, 1.54) is 18.8 Å². The van der Waals surface area contributed by atoms with Crippen LogP contribution in [0.1, 0.15) is 28.6 Å². The highest BCUT2D eigenvalue weighted by Gasteiger charge is 2.36. The molecule has 0 aliphatic rings. The quantitative estimate of drug-likeness (QED) is 0.690. The second kappa shape index (κ2) is 7.27. The fraction of sp³-hybridized carbons (Fsp3) is 0.211. The fourth-order valence-electron chi connectivity index (χ4n) is 2.58. The number of amides is 1. The Hall–Kier alpha value is -2.99. The van der Waals surface area contributed by atoms with Crippen molar-refractivity contribution in [2.45, 2.75) is 12.5 Å². The van der Waals surface area contributed by atoms with Crippen LogP contribution in [-0.2, 0) is 5.60 Å². The first-order valence-corrected chi connectivity index (χ1v) is 7.94. The molecule has 3 aromatic rings. The highest BCUT2D eigenvalue weighted by Crippen LogP contribution is 2.30. The maximum absolute atomic E-state index is 12.6. The summed E-state index contributed by atoms with van der Waals surface area (Å²) in [5.41, 5.74) is -0.647. The lowest BCUT2D eigenvalue weighted by Gasteiger charge is -2.25. The van der Waals surface area contributed by atoms with Crippen LogP contribution in [0.3, 0.4) is 0 Å². The van der Waals surface area contributed by atoms with Crippen LogP contribution in [0.25, 0.3) is 0 Å². The topological polar surface area (TPSA) is 84.8 Å². The third kappa shape index (κ3) is 3.44. The van der Waals surface area contributed by atoms with Crippen LogP contribution < -0.4 is 10.1 Å². The van der Waals surface area contributed by atoms with Gasteiger partial charge >= 0.3 is 0 Å². The van der Waals surface area contributed by atoms with Gasteiger partial charge in [0.15, 0.2) is 5.60 Å². The first-order chi connectivity index (χ1) is 12.1. The van der Waals surface area contributed by atoms with Crippen molar-refractivity contribution in [1.29, 1.82) is 0 Å². The number of aliphatic hydroxyl groups is 1. The number of benzene rings is 1. The molecule has 2 N–H and O–H groups in total. The lowest BCUT2D eigenvalue weighted by Crippen LogP contribution is -2.41. The first kappa shape index (κ1) is 16.9. The molecule has 0 saturated carbocycles. The zero-order valence-corrected chi connectivity index (χ0v) is 13.8. The number of furan rings is 2. The molecular formula is C19H19NO5. The Labute approximate surface area is 145 Å². The summed E-state index contributed by atoms with van der Waals surface area (Å²) in [6.45, 7) is 2.22.